The summed E-state index contributed by atoms with van der Waals surface area (Å²) in [6, 6.07) is 8.91. The highest BCUT2D eigenvalue weighted by Gasteiger charge is 2.26. The summed E-state index contributed by atoms with van der Waals surface area (Å²) in [5.74, 6) is 1.65. The van der Waals surface area contributed by atoms with E-state index in [2.05, 4.69) is 41.7 Å². The maximum Gasteiger partial charge on any atom is -0.00460 e. The van der Waals surface area contributed by atoms with E-state index in [9.17, 15) is 0 Å². The van der Waals surface area contributed by atoms with Gasteiger partial charge in [-0.05, 0) is 55.3 Å². The average Bonchev–Trinajstić information content (AvgIpc) is 2.39. The molecule has 1 unspecified atom stereocenters. The third kappa shape index (κ3) is 1.80. The van der Waals surface area contributed by atoms with Crippen LogP contribution in [-0.4, -0.2) is 13.1 Å². The Hall–Kier alpha value is -1.08. The summed E-state index contributed by atoms with van der Waals surface area (Å²) in [5, 5.41) is 3.46. The van der Waals surface area contributed by atoms with E-state index in [1.54, 1.807) is 5.56 Å². The molecule has 1 aliphatic heterocycles. The fourth-order valence-electron chi connectivity index (χ4n) is 3.16. The zero-order chi connectivity index (χ0) is 10.8. The van der Waals surface area contributed by atoms with E-state index in [1.165, 1.54) is 37.9 Å². The molecule has 1 N–H and O–H groups in total. The Labute approximate surface area is 97.6 Å². The van der Waals surface area contributed by atoms with E-state index in [4.69, 9.17) is 0 Å². The first-order chi connectivity index (χ1) is 7.95. The molecule has 0 bridgehead atoms. The van der Waals surface area contributed by atoms with Crippen molar-refractivity contribution < 1.29 is 0 Å². The summed E-state index contributed by atoms with van der Waals surface area (Å²) in [5.41, 5.74) is 3.02. The third-order valence-electron chi connectivity index (χ3n) is 4.04. The van der Waals surface area contributed by atoms with Crippen LogP contribution in [-0.2, 0) is 0 Å². The second-order valence-corrected chi connectivity index (χ2v) is 4.96. The molecule has 1 saturated heterocycles. The van der Waals surface area contributed by atoms with E-state index in [0.29, 0.717) is 0 Å². The van der Waals surface area contributed by atoms with Crippen LogP contribution in [0.15, 0.2) is 30.3 Å². The number of fused-ring (bicyclic) bond motifs is 1. The van der Waals surface area contributed by atoms with Crippen LogP contribution in [0.2, 0.25) is 0 Å². The maximum atomic E-state index is 3.46. The molecule has 16 heavy (non-hydrogen) atoms. The number of benzene rings is 1. The molecule has 1 heterocycles. The lowest BCUT2D eigenvalue weighted by atomic mass is 9.75. The van der Waals surface area contributed by atoms with Gasteiger partial charge in [-0.1, -0.05) is 36.4 Å². The molecule has 0 aromatic heterocycles. The quantitative estimate of drug-likeness (QED) is 0.755. The highest BCUT2D eigenvalue weighted by molar-refractivity contribution is 5.57. The number of hydrogen-bond donors (Lipinski definition) is 1. The Kier molecular flexibility index (Phi) is 2.79. The molecule has 1 fully saturated rings. The molecule has 0 radical (unpaired) electrons. The summed E-state index contributed by atoms with van der Waals surface area (Å²) in [6.07, 6.45) is 8.56. The van der Waals surface area contributed by atoms with Crippen LogP contribution < -0.4 is 5.32 Å². The van der Waals surface area contributed by atoms with Gasteiger partial charge in [0.25, 0.3) is 0 Å². The fraction of sp³-hybridized carbons (Fsp3) is 0.467. The van der Waals surface area contributed by atoms with Gasteiger partial charge < -0.3 is 5.32 Å². The molecule has 1 aliphatic carbocycles. The van der Waals surface area contributed by atoms with E-state index in [-0.39, 0.29) is 0 Å². The van der Waals surface area contributed by atoms with Crippen molar-refractivity contribution >= 4 is 6.08 Å². The van der Waals surface area contributed by atoms with E-state index >= 15 is 0 Å². The molecule has 3 rings (SSSR count). The standard InChI is InChI=1S/C15H19N/c1-2-6-14-12(4-1)5-3-7-15(14)13-8-10-16-11-9-13/h1-6,13,15-16H,7-11H2. The molecule has 1 nitrogen and oxygen atoms in total. The van der Waals surface area contributed by atoms with Gasteiger partial charge in [-0.2, -0.15) is 0 Å². The van der Waals surface area contributed by atoms with Crippen LogP contribution in [0.4, 0.5) is 0 Å². The predicted molar refractivity (Wildman–Crippen MR) is 68.4 cm³/mol. The molecule has 1 heteroatoms. The number of rotatable bonds is 1. The van der Waals surface area contributed by atoms with Gasteiger partial charge in [0.2, 0.25) is 0 Å². The van der Waals surface area contributed by atoms with Crippen LogP contribution >= 0.6 is 0 Å². The summed E-state index contributed by atoms with van der Waals surface area (Å²) in [6.45, 7) is 2.40. The summed E-state index contributed by atoms with van der Waals surface area (Å²) >= 11 is 0. The second-order valence-electron chi connectivity index (χ2n) is 4.96. The lowest BCUT2D eigenvalue weighted by Crippen LogP contribution is -2.31. The summed E-state index contributed by atoms with van der Waals surface area (Å²) < 4.78 is 0. The number of piperidine rings is 1. The lowest BCUT2D eigenvalue weighted by Gasteiger charge is -2.33. The van der Waals surface area contributed by atoms with Crippen molar-refractivity contribution in [3.63, 3.8) is 0 Å². The van der Waals surface area contributed by atoms with Crippen molar-refractivity contribution in [1.29, 1.82) is 0 Å². The highest BCUT2D eigenvalue weighted by atomic mass is 14.9. The molecule has 1 aromatic rings. The lowest BCUT2D eigenvalue weighted by molar-refractivity contribution is 0.317. The van der Waals surface area contributed by atoms with Crippen molar-refractivity contribution in [3.05, 3.63) is 41.5 Å². The molecule has 84 valence electrons. The molecule has 1 atom stereocenters. The van der Waals surface area contributed by atoms with Crippen molar-refractivity contribution in [2.24, 2.45) is 5.92 Å². The van der Waals surface area contributed by atoms with Crippen LogP contribution in [0.3, 0.4) is 0 Å². The zero-order valence-electron chi connectivity index (χ0n) is 9.65. The van der Waals surface area contributed by atoms with Crippen LogP contribution in [0.5, 0.6) is 0 Å². The van der Waals surface area contributed by atoms with Gasteiger partial charge in [0.1, 0.15) is 0 Å². The van der Waals surface area contributed by atoms with Gasteiger partial charge >= 0.3 is 0 Å². The van der Waals surface area contributed by atoms with Crippen molar-refractivity contribution in [3.8, 4) is 0 Å². The maximum absolute atomic E-state index is 3.46. The number of allylic oxidation sites excluding steroid dienone is 1. The normalized spacial score (nSPS) is 25.4. The largest absolute Gasteiger partial charge is 0.317 e. The third-order valence-corrected chi connectivity index (χ3v) is 4.04. The van der Waals surface area contributed by atoms with Crippen molar-refractivity contribution in [2.75, 3.05) is 13.1 Å². The first kappa shape index (κ1) is 10.1. The van der Waals surface area contributed by atoms with E-state index in [1.807, 2.05) is 0 Å². The summed E-state index contributed by atoms with van der Waals surface area (Å²) in [4.78, 5) is 0. The fourth-order valence-corrected chi connectivity index (χ4v) is 3.16. The monoisotopic (exact) mass is 213 g/mol. The molecule has 2 aliphatic rings. The Morgan fingerprint density at radius 2 is 1.88 bits per heavy atom. The van der Waals surface area contributed by atoms with E-state index < -0.39 is 0 Å². The van der Waals surface area contributed by atoms with Crippen molar-refractivity contribution in [2.45, 2.75) is 25.2 Å². The van der Waals surface area contributed by atoms with Gasteiger partial charge in [-0.25, -0.2) is 0 Å². The van der Waals surface area contributed by atoms with Gasteiger partial charge in [0.05, 0.1) is 0 Å². The highest BCUT2D eigenvalue weighted by Crippen LogP contribution is 2.38. The molecule has 0 spiro atoms. The molecule has 0 saturated carbocycles. The number of nitrogens with one attached hydrogen (secondary N) is 1. The molecule has 0 amide bonds. The Morgan fingerprint density at radius 1 is 1.06 bits per heavy atom. The first-order valence-corrected chi connectivity index (χ1v) is 6.41. The Morgan fingerprint density at radius 3 is 2.75 bits per heavy atom. The molecular formula is C15H19N. The van der Waals surface area contributed by atoms with E-state index in [0.717, 1.165) is 11.8 Å². The number of hydrogen-bond acceptors (Lipinski definition) is 1. The van der Waals surface area contributed by atoms with Gasteiger partial charge in [0.15, 0.2) is 0 Å². The zero-order valence-corrected chi connectivity index (χ0v) is 9.65. The predicted octanol–water partition coefficient (Wildman–Crippen LogP) is 3.19. The first-order valence-electron chi connectivity index (χ1n) is 6.41. The minimum Gasteiger partial charge on any atom is -0.317 e. The molecule has 1 aromatic carbocycles. The summed E-state index contributed by atoms with van der Waals surface area (Å²) in [7, 11) is 0. The van der Waals surface area contributed by atoms with Crippen LogP contribution in [0.1, 0.15) is 36.3 Å². The van der Waals surface area contributed by atoms with Crippen molar-refractivity contribution in [1.82, 2.24) is 5.32 Å². The Balaban J connectivity index is 1.88. The average molecular weight is 213 g/mol. The minimum atomic E-state index is 0.767. The van der Waals surface area contributed by atoms with Crippen LogP contribution in [0.25, 0.3) is 6.08 Å². The van der Waals surface area contributed by atoms with Crippen LogP contribution in [0, 0.1) is 5.92 Å². The molecular weight excluding hydrogens is 194 g/mol. The van der Waals surface area contributed by atoms with Gasteiger partial charge in [-0.3, -0.25) is 0 Å². The second kappa shape index (κ2) is 4.42. The smallest absolute Gasteiger partial charge is 0.00460 e. The topological polar surface area (TPSA) is 12.0 Å². The minimum absolute atomic E-state index is 0.767. The van der Waals surface area contributed by atoms with Gasteiger partial charge in [0, 0.05) is 0 Å². The Bertz CT molecular complexity index is 388. The SMILES string of the molecule is C1=Cc2ccccc2C(C2CCNCC2)C1. The van der Waals surface area contributed by atoms with Gasteiger partial charge in [-0.15, -0.1) is 0 Å².